The zero-order valence-electron chi connectivity index (χ0n) is 18.2. The van der Waals surface area contributed by atoms with Crippen LogP contribution in [0.4, 0.5) is 0 Å². The number of carbonyl (C=O) groups excluding carboxylic acids is 1. The van der Waals surface area contributed by atoms with E-state index in [0.29, 0.717) is 18.5 Å². The van der Waals surface area contributed by atoms with Crippen LogP contribution in [-0.4, -0.2) is 16.7 Å². The van der Waals surface area contributed by atoms with Crippen molar-refractivity contribution >= 4 is 23.0 Å². The van der Waals surface area contributed by atoms with Crippen LogP contribution in [0, 0.1) is 25.2 Å². The third-order valence-electron chi connectivity index (χ3n) is 5.50. The van der Waals surface area contributed by atoms with Crippen LogP contribution in [0.15, 0.2) is 78.0 Å². The maximum atomic E-state index is 12.3. The van der Waals surface area contributed by atoms with Gasteiger partial charge in [-0.3, -0.25) is 4.79 Å². The Labute approximate surface area is 187 Å². The highest BCUT2D eigenvalue weighted by Gasteiger charge is 2.08. The molecule has 1 heterocycles. The standard InChI is InChI=1S/C27H24N4O/c1-19-7-12-23(20(2)13-19)14-27(32)30-29-16-24-18-31(26-6-4-3-5-25(24)26)17-22-10-8-21(15-28)9-11-22/h3-13,16,18H,14,17H2,1-2H3,(H,30,32)/b29-16+. The minimum atomic E-state index is -0.144. The number of benzene rings is 3. The number of rotatable bonds is 6. The van der Waals surface area contributed by atoms with Gasteiger partial charge in [-0.2, -0.15) is 10.4 Å². The molecule has 4 aromatic rings. The van der Waals surface area contributed by atoms with Crippen LogP contribution < -0.4 is 5.43 Å². The molecular weight excluding hydrogens is 396 g/mol. The van der Waals surface area contributed by atoms with Gasteiger partial charge in [0, 0.05) is 29.2 Å². The number of hydrazone groups is 1. The zero-order valence-corrected chi connectivity index (χ0v) is 18.2. The number of nitrogens with one attached hydrogen (secondary N) is 1. The Morgan fingerprint density at radius 3 is 2.62 bits per heavy atom. The largest absolute Gasteiger partial charge is 0.342 e. The highest BCUT2D eigenvalue weighted by Crippen LogP contribution is 2.21. The van der Waals surface area contributed by atoms with E-state index in [9.17, 15) is 4.79 Å². The summed E-state index contributed by atoms with van der Waals surface area (Å²) >= 11 is 0. The number of nitriles is 1. The number of hydrogen-bond donors (Lipinski definition) is 1. The number of aromatic nitrogens is 1. The minimum absolute atomic E-state index is 0.144. The van der Waals surface area contributed by atoms with Crippen molar-refractivity contribution in [3.05, 3.63) is 106 Å². The number of aryl methyl sites for hydroxylation is 2. The average Bonchev–Trinajstić information content (AvgIpc) is 3.14. The van der Waals surface area contributed by atoms with Crippen molar-refractivity contribution in [2.75, 3.05) is 0 Å². The number of amides is 1. The second kappa shape index (κ2) is 9.32. The zero-order chi connectivity index (χ0) is 22.5. The monoisotopic (exact) mass is 420 g/mol. The van der Waals surface area contributed by atoms with Gasteiger partial charge in [0.25, 0.3) is 0 Å². The van der Waals surface area contributed by atoms with Gasteiger partial charge >= 0.3 is 0 Å². The summed E-state index contributed by atoms with van der Waals surface area (Å²) in [6.07, 6.45) is 4.02. The Balaban J connectivity index is 1.49. The Morgan fingerprint density at radius 1 is 1.09 bits per heavy atom. The Morgan fingerprint density at radius 2 is 1.88 bits per heavy atom. The van der Waals surface area contributed by atoms with E-state index in [1.807, 2.05) is 74.6 Å². The SMILES string of the molecule is Cc1ccc(CC(=O)N/N=C/c2cn(Cc3ccc(C#N)cc3)c3ccccc23)c(C)c1. The lowest BCUT2D eigenvalue weighted by Crippen LogP contribution is -2.20. The normalized spacial score (nSPS) is 11.0. The summed E-state index contributed by atoms with van der Waals surface area (Å²) in [5, 5.41) is 14.3. The van der Waals surface area contributed by atoms with Crippen LogP contribution in [0.1, 0.15) is 33.4 Å². The van der Waals surface area contributed by atoms with Gasteiger partial charge in [-0.15, -0.1) is 0 Å². The molecule has 0 atom stereocenters. The molecule has 0 bridgehead atoms. The van der Waals surface area contributed by atoms with Gasteiger partial charge < -0.3 is 4.57 Å². The molecule has 0 aliphatic carbocycles. The first kappa shape index (κ1) is 21.1. The topological polar surface area (TPSA) is 70.2 Å². The summed E-state index contributed by atoms with van der Waals surface area (Å²) in [4.78, 5) is 12.3. The molecule has 0 fully saturated rings. The third kappa shape index (κ3) is 4.76. The van der Waals surface area contributed by atoms with E-state index in [-0.39, 0.29) is 5.91 Å². The molecule has 1 aromatic heterocycles. The molecule has 0 aliphatic rings. The van der Waals surface area contributed by atoms with Gasteiger partial charge in [0.2, 0.25) is 5.91 Å². The summed E-state index contributed by atoms with van der Waals surface area (Å²) < 4.78 is 2.15. The van der Waals surface area contributed by atoms with Crippen molar-refractivity contribution in [2.24, 2.45) is 5.10 Å². The number of carbonyl (C=O) groups is 1. The summed E-state index contributed by atoms with van der Waals surface area (Å²) in [6.45, 7) is 4.74. The molecule has 1 amide bonds. The summed E-state index contributed by atoms with van der Waals surface area (Å²) in [5.74, 6) is -0.144. The number of hydrogen-bond acceptors (Lipinski definition) is 3. The average molecular weight is 421 g/mol. The lowest BCUT2D eigenvalue weighted by atomic mass is 10.0. The molecule has 4 rings (SSSR count). The maximum Gasteiger partial charge on any atom is 0.244 e. The molecule has 5 nitrogen and oxygen atoms in total. The van der Waals surface area contributed by atoms with E-state index in [1.54, 1.807) is 6.21 Å². The van der Waals surface area contributed by atoms with Crippen molar-refractivity contribution in [2.45, 2.75) is 26.8 Å². The van der Waals surface area contributed by atoms with E-state index in [2.05, 4.69) is 33.3 Å². The fraction of sp³-hybridized carbons (Fsp3) is 0.148. The van der Waals surface area contributed by atoms with Gasteiger partial charge in [-0.05, 0) is 48.7 Å². The van der Waals surface area contributed by atoms with Crippen LogP contribution in [0.3, 0.4) is 0 Å². The number of fused-ring (bicyclic) bond motifs is 1. The van der Waals surface area contributed by atoms with E-state index < -0.39 is 0 Å². The fourth-order valence-electron chi connectivity index (χ4n) is 3.82. The highest BCUT2D eigenvalue weighted by molar-refractivity contribution is 5.99. The molecule has 3 aromatic carbocycles. The van der Waals surface area contributed by atoms with Crippen molar-refractivity contribution in [3.8, 4) is 6.07 Å². The molecule has 0 saturated carbocycles. The Bertz CT molecular complexity index is 1340. The van der Waals surface area contributed by atoms with Crippen LogP contribution in [0.5, 0.6) is 0 Å². The Kier molecular flexibility index (Phi) is 6.14. The molecule has 0 radical (unpaired) electrons. The van der Waals surface area contributed by atoms with Gasteiger partial charge in [0.15, 0.2) is 0 Å². The van der Waals surface area contributed by atoms with Gasteiger partial charge in [0.1, 0.15) is 0 Å². The molecule has 32 heavy (non-hydrogen) atoms. The second-order valence-corrected chi connectivity index (χ2v) is 7.94. The number of para-hydroxylation sites is 1. The van der Waals surface area contributed by atoms with Gasteiger partial charge in [0.05, 0.1) is 24.3 Å². The number of nitrogens with zero attached hydrogens (tertiary/aromatic N) is 3. The highest BCUT2D eigenvalue weighted by atomic mass is 16.2. The molecule has 1 N–H and O–H groups in total. The third-order valence-corrected chi connectivity index (χ3v) is 5.50. The second-order valence-electron chi connectivity index (χ2n) is 7.94. The fourth-order valence-corrected chi connectivity index (χ4v) is 3.82. The molecule has 0 spiro atoms. The van der Waals surface area contributed by atoms with Gasteiger partial charge in [-0.1, -0.05) is 54.1 Å². The smallest absolute Gasteiger partial charge is 0.244 e. The first-order valence-corrected chi connectivity index (χ1v) is 10.5. The van der Waals surface area contributed by atoms with Crippen molar-refractivity contribution in [3.63, 3.8) is 0 Å². The minimum Gasteiger partial charge on any atom is -0.342 e. The van der Waals surface area contributed by atoms with Crippen LogP contribution in [0.2, 0.25) is 0 Å². The quantitative estimate of drug-likeness (QED) is 0.357. The van der Waals surface area contributed by atoms with Crippen molar-refractivity contribution < 1.29 is 4.79 Å². The first-order chi connectivity index (χ1) is 15.5. The summed E-state index contributed by atoms with van der Waals surface area (Å²) in [6, 6.07) is 23.9. The van der Waals surface area contributed by atoms with E-state index in [0.717, 1.165) is 33.2 Å². The van der Waals surface area contributed by atoms with E-state index >= 15 is 0 Å². The molecule has 0 aliphatic heterocycles. The van der Waals surface area contributed by atoms with E-state index in [4.69, 9.17) is 5.26 Å². The predicted molar refractivity (Wildman–Crippen MR) is 128 cm³/mol. The van der Waals surface area contributed by atoms with E-state index in [1.165, 1.54) is 5.56 Å². The van der Waals surface area contributed by atoms with Crippen molar-refractivity contribution in [1.29, 1.82) is 5.26 Å². The van der Waals surface area contributed by atoms with Gasteiger partial charge in [-0.25, -0.2) is 5.43 Å². The van der Waals surface area contributed by atoms with Crippen molar-refractivity contribution in [1.82, 2.24) is 9.99 Å². The lowest BCUT2D eigenvalue weighted by Gasteiger charge is -2.05. The van der Waals surface area contributed by atoms with Crippen LogP contribution in [-0.2, 0) is 17.8 Å². The molecule has 0 unspecified atom stereocenters. The molecular formula is C27H24N4O. The molecule has 158 valence electrons. The van der Waals surface area contributed by atoms with Crippen LogP contribution in [0.25, 0.3) is 10.9 Å². The predicted octanol–water partition coefficient (Wildman–Crippen LogP) is 4.87. The lowest BCUT2D eigenvalue weighted by molar-refractivity contribution is -0.120. The molecule has 0 saturated heterocycles. The summed E-state index contributed by atoms with van der Waals surface area (Å²) in [5.41, 5.74) is 9.71. The summed E-state index contributed by atoms with van der Waals surface area (Å²) in [7, 11) is 0. The molecule has 5 heteroatoms. The van der Waals surface area contributed by atoms with Crippen LogP contribution >= 0.6 is 0 Å². The Hall–Kier alpha value is -4.17. The first-order valence-electron chi connectivity index (χ1n) is 10.5. The maximum absolute atomic E-state index is 12.3.